The Hall–Kier alpha value is -1.56. The summed E-state index contributed by atoms with van der Waals surface area (Å²) < 4.78 is 1.95. The van der Waals surface area contributed by atoms with E-state index in [0.717, 1.165) is 23.7 Å². The maximum atomic E-state index is 12.0. The van der Waals surface area contributed by atoms with Crippen molar-refractivity contribution in [1.82, 2.24) is 20.2 Å². The molecule has 7 heteroatoms. The molecule has 1 aliphatic rings. The van der Waals surface area contributed by atoms with E-state index < -0.39 is 0 Å². The molecule has 1 atom stereocenters. The predicted octanol–water partition coefficient (Wildman–Crippen LogP) is 2.89. The lowest BCUT2D eigenvalue weighted by Crippen LogP contribution is -2.36. The molecule has 2 aromatic rings. The highest BCUT2D eigenvalue weighted by Gasteiger charge is 2.20. The van der Waals surface area contributed by atoms with E-state index in [-0.39, 0.29) is 36.8 Å². The minimum atomic E-state index is -0.0151. The van der Waals surface area contributed by atoms with Crippen LogP contribution in [0.2, 0.25) is 0 Å². The molecule has 132 valence electrons. The molecule has 1 amide bonds. The van der Waals surface area contributed by atoms with Crippen LogP contribution in [0, 0.1) is 5.92 Å². The van der Waals surface area contributed by atoms with Crippen LogP contribution >= 0.6 is 24.8 Å². The summed E-state index contributed by atoms with van der Waals surface area (Å²) in [4.78, 5) is 16.0. The van der Waals surface area contributed by atoms with Crippen LogP contribution in [-0.4, -0.2) is 28.5 Å². The lowest BCUT2D eigenvalue weighted by molar-refractivity contribution is -0.120. The molecule has 0 spiro atoms. The minimum Gasteiger partial charge on any atom is -0.348 e. The molecule has 0 saturated heterocycles. The molecule has 3 rings (SSSR count). The van der Waals surface area contributed by atoms with Crippen molar-refractivity contribution in [2.45, 2.75) is 25.8 Å². The van der Waals surface area contributed by atoms with E-state index in [4.69, 9.17) is 0 Å². The topological polar surface area (TPSA) is 59.0 Å². The summed E-state index contributed by atoms with van der Waals surface area (Å²) in [6, 6.07) is 8.11. The highest BCUT2D eigenvalue weighted by Crippen LogP contribution is 2.27. The minimum absolute atomic E-state index is 0. The number of carbonyl (C=O) groups excluding carboxylic acids is 1. The first-order chi connectivity index (χ1) is 10.7. The zero-order valence-corrected chi connectivity index (χ0v) is 15.3. The Morgan fingerprint density at radius 1 is 1.38 bits per heavy atom. The van der Waals surface area contributed by atoms with Gasteiger partial charge in [-0.25, -0.2) is 4.98 Å². The number of hydrogen-bond acceptors (Lipinski definition) is 3. The summed E-state index contributed by atoms with van der Waals surface area (Å²) >= 11 is 0. The molecule has 2 N–H and O–H groups in total. The molecule has 1 saturated carbocycles. The Kier molecular flexibility index (Phi) is 8.25. The summed E-state index contributed by atoms with van der Waals surface area (Å²) in [5.74, 6) is 0.832. The Labute approximate surface area is 155 Å². The first kappa shape index (κ1) is 20.5. The highest BCUT2D eigenvalue weighted by atomic mass is 35.5. The number of rotatable bonds is 7. The number of benzene rings is 1. The maximum Gasteiger partial charge on any atom is 0.234 e. The van der Waals surface area contributed by atoms with Gasteiger partial charge < -0.3 is 15.2 Å². The summed E-state index contributed by atoms with van der Waals surface area (Å²) in [5.41, 5.74) is 2.13. The molecule has 1 unspecified atom stereocenters. The Morgan fingerprint density at radius 2 is 2.17 bits per heavy atom. The first-order valence-corrected chi connectivity index (χ1v) is 7.81. The second-order valence-corrected chi connectivity index (χ2v) is 5.93. The third-order valence-electron chi connectivity index (χ3n) is 3.97. The van der Waals surface area contributed by atoms with E-state index >= 15 is 0 Å². The van der Waals surface area contributed by atoms with Gasteiger partial charge in [-0.3, -0.25) is 4.79 Å². The van der Waals surface area contributed by atoms with Crippen LogP contribution in [0.15, 0.2) is 43.0 Å². The van der Waals surface area contributed by atoms with Crippen LogP contribution in [-0.2, 0) is 4.79 Å². The number of hydrogen-bond donors (Lipinski definition) is 2. The maximum absolute atomic E-state index is 12.0. The molecule has 1 fully saturated rings. The van der Waals surface area contributed by atoms with E-state index in [1.807, 2.05) is 35.9 Å². The average Bonchev–Trinajstić information content (AvgIpc) is 3.17. The zero-order chi connectivity index (χ0) is 15.4. The molecule has 0 bridgehead atoms. The van der Waals surface area contributed by atoms with E-state index in [1.165, 1.54) is 12.8 Å². The van der Waals surface area contributed by atoms with E-state index in [0.29, 0.717) is 6.54 Å². The lowest BCUT2D eigenvalue weighted by Gasteiger charge is -2.16. The van der Waals surface area contributed by atoms with Gasteiger partial charge in [0.2, 0.25) is 5.91 Å². The summed E-state index contributed by atoms with van der Waals surface area (Å²) in [7, 11) is 0. The molecule has 5 nitrogen and oxygen atoms in total. The summed E-state index contributed by atoms with van der Waals surface area (Å²) in [6.45, 7) is 3.35. The fourth-order valence-electron chi connectivity index (χ4n) is 2.45. The van der Waals surface area contributed by atoms with Gasteiger partial charge in [-0.2, -0.15) is 0 Å². The lowest BCUT2D eigenvalue weighted by atomic mass is 10.1. The van der Waals surface area contributed by atoms with E-state index in [2.05, 4.69) is 21.7 Å². The van der Waals surface area contributed by atoms with Gasteiger partial charge in [-0.05, 0) is 49.9 Å². The number of carbonyl (C=O) groups is 1. The van der Waals surface area contributed by atoms with Gasteiger partial charge in [0, 0.05) is 18.1 Å². The predicted molar refractivity (Wildman–Crippen MR) is 100 cm³/mol. The Bertz CT molecular complexity index is 629. The molecule has 1 aromatic heterocycles. The average molecular weight is 371 g/mol. The number of imidazole rings is 1. The Morgan fingerprint density at radius 3 is 2.83 bits per heavy atom. The van der Waals surface area contributed by atoms with Crippen LogP contribution in [0.4, 0.5) is 0 Å². The van der Waals surface area contributed by atoms with Crippen molar-refractivity contribution in [2.75, 3.05) is 13.1 Å². The number of nitrogens with one attached hydrogen (secondary N) is 2. The van der Waals surface area contributed by atoms with Crippen molar-refractivity contribution < 1.29 is 4.79 Å². The van der Waals surface area contributed by atoms with Gasteiger partial charge in [0.25, 0.3) is 0 Å². The molecule has 1 aromatic carbocycles. The molecule has 24 heavy (non-hydrogen) atoms. The quantitative estimate of drug-likeness (QED) is 0.787. The van der Waals surface area contributed by atoms with Crippen molar-refractivity contribution in [1.29, 1.82) is 0 Å². The smallest absolute Gasteiger partial charge is 0.234 e. The fourth-order valence-corrected chi connectivity index (χ4v) is 2.45. The summed E-state index contributed by atoms with van der Waals surface area (Å²) in [5, 5.41) is 6.25. The summed E-state index contributed by atoms with van der Waals surface area (Å²) in [6.07, 6.45) is 8.02. The van der Waals surface area contributed by atoms with E-state index in [1.54, 1.807) is 12.5 Å². The molecule has 1 heterocycles. The van der Waals surface area contributed by atoms with Crippen LogP contribution in [0.5, 0.6) is 0 Å². The van der Waals surface area contributed by atoms with Crippen LogP contribution in [0.1, 0.15) is 31.4 Å². The van der Waals surface area contributed by atoms with Crippen LogP contribution < -0.4 is 10.6 Å². The monoisotopic (exact) mass is 370 g/mol. The normalized spacial score (nSPS) is 14.2. The molecule has 1 aliphatic carbocycles. The number of aromatic nitrogens is 2. The highest BCUT2D eigenvalue weighted by molar-refractivity contribution is 5.85. The molecule has 0 radical (unpaired) electrons. The fraction of sp³-hybridized carbons (Fsp3) is 0.412. The van der Waals surface area contributed by atoms with Gasteiger partial charge in [-0.1, -0.05) is 12.1 Å². The Balaban J connectivity index is 0.00000144. The van der Waals surface area contributed by atoms with Gasteiger partial charge in [-0.15, -0.1) is 24.8 Å². The van der Waals surface area contributed by atoms with Crippen molar-refractivity contribution >= 4 is 30.7 Å². The molecular formula is C17H24Cl2N4O. The largest absolute Gasteiger partial charge is 0.348 e. The SMILES string of the molecule is CC(NC(=O)CNCC1CC1)c1cccc(-n2ccnc2)c1.Cl.Cl. The third-order valence-corrected chi connectivity index (χ3v) is 3.97. The first-order valence-electron chi connectivity index (χ1n) is 7.81. The van der Waals surface area contributed by atoms with Gasteiger partial charge in [0.05, 0.1) is 18.9 Å². The van der Waals surface area contributed by atoms with Gasteiger partial charge >= 0.3 is 0 Å². The standard InChI is InChI=1S/C17H22N4O.2ClH/c1-13(20-17(22)11-19-10-14-5-6-14)15-3-2-4-16(9-15)21-8-7-18-12-21;;/h2-4,7-9,12-14,19H,5-6,10-11H2,1H3,(H,20,22);2*1H. The van der Waals surface area contributed by atoms with Crippen molar-refractivity contribution in [3.8, 4) is 5.69 Å². The molecule has 0 aliphatic heterocycles. The van der Waals surface area contributed by atoms with Crippen LogP contribution in [0.3, 0.4) is 0 Å². The third kappa shape index (κ3) is 5.82. The van der Waals surface area contributed by atoms with Crippen molar-refractivity contribution in [3.05, 3.63) is 48.5 Å². The second kappa shape index (κ2) is 9.67. The van der Waals surface area contributed by atoms with E-state index in [9.17, 15) is 4.79 Å². The van der Waals surface area contributed by atoms with Gasteiger partial charge in [0.1, 0.15) is 0 Å². The zero-order valence-electron chi connectivity index (χ0n) is 13.6. The number of amides is 1. The van der Waals surface area contributed by atoms with Crippen molar-refractivity contribution in [3.63, 3.8) is 0 Å². The molecular weight excluding hydrogens is 347 g/mol. The number of halogens is 2. The van der Waals surface area contributed by atoms with Crippen LogP contribution in [0.25, 0.3) is 5.69 Å². The van der Waals surface area contributed by atoms with Crippen molar-refractivity contribution in [2.24, 2.45) is 5.92 Å². The van der Waals surface area contributed by atoms with Gasteiger partial charge in [0.15, 0.2) is 0 Å². The number of nitrogens with zero attached hydrogens (tertiary/aromatic N) is 2. The second-order valence-electron chi connectivity index (χ2n) is 5.93.